The predicted molar refractivity (Wildman–Crippen MR) is 311 cm³/mol. The van der Waals surface area contributed by atoms with Gasteiger partial charge in [-0.25, -0.2) is 4.98 Å². The first kappa shape index (κ1) is 56.2. The summed E-state index contributed by atoms with van der Waals surface area (Å²) in [4.78, 5) is 9.23. The quantitative estimate of drug-likeness (QED) is 0.103. The summed E-state index contributed by atoms with van der Waals surface area (Å²) in [5, 5.41) is 0.967. The van der Waals surface area contributed by atoms with Crippen LogP contribution in [0.3, 0.4) is 0 Å². The standard InChI is InChI=1S/C58H69B6N4O7.Pt/c1-54(2,3)42-29-30-65-53(33-42)68-49-24-17-16-23-47(49)48-28-27-41(32-52(48)68)38-69-37-40-21-20-22-45(31-40)66-39-67(51-26-19-18-25-50(51)66)46-35-43(59-70-61(55(4,5)6)74-62(71-59)56(7,8)9)34-44(36-46)60-72-63(57(10,11)12)75-64(73-60)58(13,14)15;/h16-30,33-36,39H,37-38H2,1-15H3;/q-3;. The first-order chi connectivity index (χ1) is 35.3. The molecule has 7 aromatic rings. The van der Waals surface area contributed by atoms with Crippen LogP contribution in [-0.2, 0) is 71.9 Å². The van der Waals surface area contributed by atoms with E-state index in [-0.39, 0.29) is 47.7 Å². The van der Waals surface area contributed by atoms with Crippen LogP contribution in [0.4, 0.5) is 22.7 Å². The number of ether oxygens (including phenoxy) is 1. The van der Waals surface area contributed by atoms with E-state index in [9.17, 15) is 0 Å². The normalized spacial score (nSPS) is 16.1. The molecule has 5 heterocycles. The molecule has 0 N–H and O–H groups in total. The van der Waals surface area contributed by atoms with Crippen LogP contribution in [0.2, 0.25) is 21.3 Å². The van der Waals surface area contributed by atoms with Gasteiger partial charge in [0.25, 0.3) is 0 Å². The number of para-hydroxylation sites is 3. The second-order valence-corrected chi connectivity index (χ2v) is 25.8. The van der Waals surface area contributed by atoms with E-state index in [1.807, 2.05) is 6.20 Å². The van der Waals surface area contributed by atoms with Gasteiger partial charge in [-0.05, 0) is 91.0 Å². The van der Waals surface area contributed by atoms with Gasteiger partial charge in [0.1, 0.15) is 5.82 Å². The summed E-state index contributed by atoms with van der Waals surface area (Å²) >= 11 is 0. The van der Waals surface area contributed by atoms with Crippen molar-refractivity contribution in [1.29, 1.82) is 0 Å². The van der Waals surface area contributed by atoms with Gasteiger partial charge in [-0.15, -0.1) is 28.9 Å². The fourth-order valence-electron chi connectivity index (χ4n) is 9.66. The van der Waals surface area contributed by atoms with Crippen molar-refractivity contribution in [3.05, 3.63) is 151 Å². The van der Waals surface area contributed by atoms with Gasteiger partial charge < -0.3 is 46.5 Å². The Bertz CT molecular complexity index is 3110. The molecule has 0 aliphatic carbocycles. The summed E-state index contributed by atoms with van der Waals surface area (Å²) in [5.74, 6) is 0.873. The second kappa shape index (κ2) is 21.3. The first-order valence-electron chi connectivity index (χ1n) is 26.4. The van der Waals surface area contributed by atoms with Crippen molar-refractivity contribution in [2.24, 2.45) is 0 Å². The molecule has 3 aliphatic heterocycles. The molecule has 0 bridgehead atoms. The van der Waals surface area contributed by atoms with E-state index < -0.39 is 42.7 Å². The fourth-order valence-corrected chi connectivity index (χ4v) is 9.66. The minimum Gasteiger partial charge on any atom is -0.493 e. The molecule has 2 saturated heterocycles. The predicted octanol–water partition coefficient (Wildman–Crippen LogP) is 12.9. The van der Waals surface area contributed by atoms with Gasteiger partial charge in [0, 0.05) is 63.1 Å². The van der Waals surface area contributed by atoms with Crippen molar-refractivity contribution in [2.45, 2.75) is 144 Å². The van der Waals surface area contributed by atoms with E-state index in [2.05, 4.69) is 246 Å². The summed E-state index contributed by atoms with van der Waals surface area (Å²) in [7, 11) is -3.64. The Hall–Kier alpha value is -4.55. The van der Waals surface area contributed by atoms with Crippen LogP contribution in [0.15, 0.2) is 115 Å². The Balaban J connectivity index is 0.00000706. The molecule has 3 aliphatic rings. The molecule has 0 unspecified atom stereocenters. The maximum atomic E-state index is 6.76. The van der Waals surface area contributed by atoms with Crippen molar-refractivity contribution in [3.63, 3.8) is 0 Å². The topological polar surface area (TPSA) is 88.9 Å². The Labute approximate surface area is 468 Å². The molecule has 0 amide bonds. The van der Waals surface area contributed by atoms with Gasteiger partial charge in [0.15, 0.2) is 0 Å². The number of hydrogen-bond donors (Lipinski definition) is 0. The number of pyridine rings is 1. The van der Waals surface area contributed by atoms with Gasteiger partial charge in [0.05, 0.1) is 0 Å². The Morgan fingerprint density at radius 1 is 0.526 bits per heavy atom. The Morgan fingerprint density at radius 3 is 1.61 bits per heavy atom. The fraction of sp³-hybridized carbons (Fsp3) is 0.379. The van der Waals surface area contributed by atoms with Gasteiger partial charge >= 0.3 is 42.7 Å². The Kier molecular flexibility index (Phi) is 15.7. The van der Waals surface area contributed by atoms with Crippen LogP contribution in [0.25, 0.3) is 27.6 Å². The third-order valence-corrected chi connectivity index (χ3v) is 13.8. The van der Waals surface area contributed by atoms with Gasteiger partial charge in [-0.2, -0.15) is 42.5 Å². The van der Waals surface area contributed by atoms with Crippen molar-refractivity contribution in [2.75, 3.05) is 9.80 Å². The number of hydrogen-bond acceptors (Lipinski definition) is 10. The summed E-state index contributed by atoms with van der Waals surface area (Å²) < 4.78 is 48.8. The van der Waals surface area contributed by atoms with Crippen LogP contribution in [0, 0.1) is 18.8 Å². The van der Waals surface area contributed by atoms with Crippen LogP contribution >= 0.6 is 0 Å². The number of nitrogens with zero attached hydrogens (tertiary/aromatic N) is 4. The molecule has 2 aromatic heterocycles. The van der Waals surface area contributed by atoms with Gasteiger partial charge in [0.2, 0.25) is 0 Å². The molecule has 0 radical (unpaired) electrons. The molecule has 18 heteroatoms. The molecule has 5 aromatic carbocycles. The third kappa shape index (κ3) is 11.7. The number of aromatic nitrogens is 2. The molecular formula is C58H69B6N4O7Pt-3. The number of rotatable bonds is 9. The third-order valence-electron chi connectivity index (χ3n) is 13.8. The van der Waals surface area contributed by atoms with Crippen LogP contribution in [0.5, 0.6) is 0 Å². The largest absolute Gasteiger partial charge is 0.493 e. The zero-order chi connectivity index (χ0) is 53.4. The van der Waals surface area contributed by atoms with Crippen LogP contribution in [-0.4, -0.2) is 52.3 Å². The van der Waals surface area contributed by atoms with Crippen molar-refractivity contribution in [3.8, 4) is 5.82 Å². The molecule has 394 valence electrons. The van der Waals surface area contributed by atoms with Crippen molar-refractivity contribution < 1.29 is 53.2 Å². The van der Waals surface area contributed by atoms with Crippen LogP contribution in [0.1, 0.15) is 121 Å². The van der Waals surface area contributed by atoms with Crippen molar-refractivity contribution >= 4 is 98.2 Å². The van der Waals surface area contributed by atoms with E-state index in [1.165, 1.54) is 5.56 Å². The molecule has 76 heavy (non-hydrogen) atoms. The minimum absolute atomic E-state index is 0. The molecule has 10 rings (SSSR count). The molecule has 0 atom stereocenters. The second-order valence-electron chi connectivity index (χ2n) is 25.8. The molecule has 2 fully saturated rings. The Morgan fingerprint density at radius 2 is 1.05 bits per heavy atom. The van der Waals surface area contributed by atoms with Crippen LogP contribution < -0.4 is 20.7 Å². The molecular weight excluding hydrogens is 1120 g/mol. The maximum Gasteiger partial charge on any atom is 0.466 e. The van der Waals surface area contributed by atoms with E-state index in [0.717, 1.165) is 72.4 Å². The van der Waals surface area contributed by atoms with E-state index >= 15 is 0 Å². The summed E-state index contributed by atoms with van der Waals surface area (Å²) in [6.07, 6.45) is 1.91. The number of benzene rings is 5. The number of fused-ring (bicyclic) bond motifs is 4. The zero-order valence-corrected chi connectivity index (χ0v) is 49.2. The average molecular weight is 1190 g/mol. The summed E-state index contributed by atoms with van der Waals surface area (Å²) in [6, 6.07) is 45.4. The summed E-state index contributed by atoms with van der Waals surface area (Å²) in [6.45, 7) is 35.0. The van der Waals surface area contributed by atoms with Gasteiger partial charge in [-0.1, -0.05) is 146 Å². The summed E-state index contributed by atoms with van der Waals surface area (Å²) in [5.41, 5.74) is 10.5. The zero-order valence-electron chi connectivity index (χ0n) is 46.9. The first-order valence-corrected chi connectivity index (χ1v) is 26.4. The SMILES string of the molecule is CC(C)(C)B1OB(c2cc(B3OB(C(C)(C)C)OB(C(C)(C)C)O3)cc(N3[CH-]N(c4[c-]c(COCc5[c-]c6c(cc5)c5ccccc5n6-c5cc(C(C)(C)C)ccn5)ccc4)c4ccccc43)c2)OB(C(C)(C)C)O1.[Pt]. The molecule has 0 saturated carbocycles. The van der Waals surface area contributed by atoms with Gasteiger partial charge in [-0.3, -0.25) is 0 Å². The van der Waals surface area contributed by atoms with E-state index in [0.29, 0.717) is 13.2 Å². The monoisotopic (exact) mass is 1190 g/mol. The number of anilines is 4. The minimum atomic E-state index is -0.756. The van der Waals surface area contributed by atoms with Crippen molar-refractivity contribution in [1.82, 2.24) is 9.55 Å². The maximum absolute atomic E-state index is 6.76. The molecule has 11 nitrogen and oxygen atoms in total. The molecule has 0 spiro atoms. The van der Waals surface area contributed by atoms with E-state index in [1.54, 1.807) is 0 Å². The smallest absolute Gasteiger partial charge is 0.466 e. The average Bonchev–Trinajstić information content (AvgIpc) is 3.91. The van der Waals surface area contributed by atoms with E-state index in [4.69, 9.17) is 37.2 Å².